The fraction of sp³-hybridized carbons (Fsp3) is 0.933. The van der Waals surface area contributed by atoms with E-state index in [9.17, 15) is 4.79 Å². The number of likely N-dealkylation sites (tertiary alicyclic amines) is 1. The van der Waals surface area contributed by atoms with E-state index >= 15 is 0 Å². The maximum atomic E-state index is 12.4. The summed E-state index contributed by atoms with van der Waals surface area (Å²) >= 11 is 0. The van der Waals surface area contributed by atoms with E-state index in [1.807, 2.05) is 0 Å². The second-order valence-electron chi connectivity index (χ2n) is 6.51. The molecule has 0 spiro atoms. The van der Waals surface area contributed by atoms with Gasteiger partial charge in [-0.05, 0) is 52.1 Å². The van der Waals surface area contributed by atoms with Gasteiger partial charge in [0, 0.05) is 37.6 Å². The molecule has 2 bridgehead atoms. The van der Waals surface area contributed by atoms with Gasteiger partial charge in [-0.15, -0.1) is 0 Å². The number of fused-ring (bicyclic) bond motifs is 2. The van der Waals surface area contributed by atoms with Gasteiger partial charge in [0.05, 0.1) is 0 Å². The first-order valence-electron chi connectivity index (χ1n) is 7.97. The quantitative estimate of drug-likeness (QED) is 0.833. The summed E-state index contributed by atoms with van der Waals surface area (Å²) in [6.45, 7) is 3.07. The molecule has 108 valence electrons. The molecule has 3 rings (SSSR count). The molecule has 3 saturated heterocycles. The first-order chi connectivity index (χ1) is 9.24. The Morgan fingerprint density at radius 3 is 2.84 bits per heavy atom. The second-order valence-corrected chi connectivity index (χ2v) is 6.51. The molecule has 0 radical (unpaired) electrons. The van der Waals surface area contributed by atoms with E-state index in [2.05, 4.69) is 22.2 Å². The summed E-state index contributed by atoms with van der Waals surface area (Å²) in [7, 11) is 2.23. The highest BCUT2D eigenvalue weighted by Gasteiger charge is 2.35. The van der Waals surface area contributed by atoms with Gasteiger partial charge in [0.25, 0.3) is 0 Å². The van der Waals surface area contributed by atoms with Gasteiger partial charge >= 0.3 is 0 Å². The predicted molar refractivity (Wildman–Crippen MR) is 76.0 cm³/mol. The number of carbonyl (C=O) groups excluding carboxylic acids is 1. The van der Waals surface area contributed by atoms with Crippen LogP contribution >= 0.6 is 0 Å². The number of hydrogen-bond donors (Lipinski definition) is 1. The Hall–Kier alpha value is -0.610. The summed E-state index contributed by atoms with van der Waals surface area (Å²) in [6, 6.07) is 1.93. The van der Waals surface area contributed by atoms with Crippen LogP contribution in [0.3, 0.4) is 0 Å². The average Bonchev–Trinajstić information content (AvgIpc) is 2.96. The molecule has 0 aromatic rings. The lowest BCUT2D eigenvalue weighted by Crippen LogP contribution is -2.40. The third-order valence-corrected chi connectivity index (χ3v) is 5.37. The predicted octanol–water partition coefficient (Wildman–Crippen LogP) is 1.21. The minimum absolute atomic E-state index is 0.384. The zero-order valence-electron chi connectivity index (χ0n) is 12.1. The Balaban J connectivity index is 1.49. The fourth-order valence-corrected chi connectivity index (χ4v) is 3.99. The maximum Gasteiger partial charge on any atom is 0.222 e. The molecule has 0 saturated carbocycles. The summed E-state index contributed by atoms with van der Waals surface area (Å²) in [5.41, 5.74) is 0. The van der Waals surface area contributed by atoms with E-state index < -0.39 is 0 Å². The molecule has 4 nitrogen and oxygen atoms in total. The van der Waals surface area contributed by atoms with E-state index in [-0.39, 0.29) is 0 Å². The van der Waals surface area contributed by atoms with Gasteiger partial charge in [0.1, 0.15) is 0 Å². The van der Waals surface area contributed by atoms with Crippen molar-refractivity contribution in [1.82, 2.24) is 15.1 Å². The van der Waals surface area contributed by atoms with Crippen molar-refractivity contribution in [1.29, 1.82) is 0 Å². The Morgan fingerprint density at radius 2 is 2.05 bits per heavy atom. The molecule has 1 N–H and O–H groups in total. The summed E-state index contributed by atoms with van der Waals surface area (Å²) in [4.78, 5) is 17.0. The smallest absolute Gasteiger partial charge is 0.222 e. The highest BCUT2D eigenvalue weighted by Crippen LogP contribution is 2.28. The normalized spacial score (nSPS) is 35.6. The topological polar surface area (TPSA) is 35.6 Å². The monoisotopic (exact) mass is 265 g/mol. The molecule has 19 heavy (non-hydrogen) atoms. The van der Waals surface area contributed by atoms with Crippen LogP contribution in [-0.4, -0.2) is 60.5 Å². The molecule has 3 fully saturated rings. The molecule has 0 aliphatic carbocycles. The Labute approximate surface area is 116 Å². The zero-order chi connectivity index (χ0) is 13.2. The lowest BCUT2D eigenvalue weighted by atomic mass is 10.1. The minimum atomic E-state index is 0.384. The van der Waals surface area contributed by atoms with Crippen molar-refractivity contribution in [2.24, 2.45) is 0 Å². The molecule has 3 heterocycles. The summed E-state index contributed by atoms with van der Waals surface area (Å²) in [5.74, 6) is 0.384. The number of hydrogen-bond acceptors (Lipinski definition) is 3. The molecule has 3 aliphatic rings. The van der Waals surface area contributed by atoms with Gasteiger partial charge in [-0.25, -0.2) is 0 Å². The molecule has 3 aliphatic heterocycles. The molecular weight excluding hydrogens is 238 g/mol. The van der Waals surface area contributed by atoms with E-state index in [1.54, 1.807) is 0 Å². The lowest BCUT2D eigenvalue weighted by Gasteiger charge is -2.26. The summed E-state index contributed by atoms with van der Waals surface area (Å²) < 4.78 is 0. The van der Waals surface area contributed by atoms with Crippen LogP contribution in [0.15, 0.2) is 0 Å². The van der Waals surface area contributed by atoms with Gasteiger partial charge in [-0.1, -0.05) is 0 Å². The highest BCUT2D eigenvalue weighted by molar-refractivity contribution is 5.76. The van der Waals surface area contributed by atoms with Crippen molar-refractivity contribution in [2.45, 2.75) is 63.1 Å². The van der Waals surface area contributed by atoms with Crippen LogP contribution in [0.25, 0.3) is 0 Å². The van der Waals surface area contributed by atoms with Gasteiger partial charge in [0.2, 0.25) is 5.91 Å². The van der Waals surface area contributed by atoms with Crippen LogP contribution in [0.5, 0.6) is 0 Å². The molecular formula is C15H27N3O. The molecule has 0 aromatic heterocycles. The highest BCUT2D eigenvalue weighted by atomic mass is 16.2. The molecule has 0 aromatic carbocycles. The van der Waals surface area contributed by atoms with Crippen LogP contribution in [0.4, 0.5) is 0 Å². The number of amides is 1. The average molecular weight is 265 g/mol. The van der Waals surface area contributed by atoms with Crippen molar-refractivity contribution >= 4 is 5.91 Å². The largest absolute Gasteiger partial charge is 0.341 e. The second kappa shape index (κ2) is 5.80. The van der Waals surface area contributed by atoms with Crippen molar-refractivity contribution in [3.05, 3.63) is 0 Å². The van der Waals surface area contributed by atoms with E-state index in [1.165, 1.54) is 32.1 Å². The lowest BCUT2D eigenvalue weighted by molar-refractivity contribution is -0.131. The van der Waals surface area contributed by atoms with Crippen LogP contribution in [0.2, 0.25) is 0 Å². The van der Waals surface area contributed by atoms with Gasteiger partial charge in [-0.2, -0.15) is 0 Å². The number of nitrogens with one attached hydrogen (secondary N) is 1. The number of rotatable bonds is 3. The van der Waals surface area contributed by atoms with Gasteiger partial charge < -0.3 is 10.2 Å². The number of carbonyl (C=O) groups is 1. The van der Waals surface area contributed by atoms with Crippen LogP contribution in [-0.2, 0) is 4.79 Å². The van der Waals surface area contributed by atoms with E-state index in [0.29, 0.717) is 18.0 Å². The van der Waals surface area contributed by atoms with Crippen molar-refractivity contribution in [3.63, 3.8) is 0 Å². The zero-order valence-corrected chi connectivity index (χ0v) is 12.1. The Morgan fingerprint density at radius 1 is 1.21 bits per heavy atom. The first-order valence-corrected chi connectivity index (χ1v) is 7.97. The van der Waals surface area contributed by atoms with Crippen LogP contribution in [0, 0.1) is 0 Å². The van der Waals surface area contributed by atoms with Crippen LogP contribution < -0.4 is 5.32 Å². The van der Waals surface area contributed by atoms with Crippen LogP contribution in [0.1, 0.15) is 44.9 Å². The van der Waals surface area contributed by atoms with Crippen molar-refractivity contribution in [3.8, 4) is 0 Å². The maximum absolute atomic E-state index is 12.4. The van der Waals surface area contributed by atoms with Crippen molar-refractivity contribution in [2.75, 3.05) is 26.7 Å². The van der Waals surface area contributed by atoms with E-state index in [0.717, 1.165) is 38.5 Å². The minimum Gasteiger partial charge on any atom is -0.341 e. The third-order valence-electron chi connectivity index (χ3n) is 5.37. The fourth-order valence-electron chi connectivity index (χ4n) is 3.99. The molecule has 3 atom stereocenters. The Bertz CT molecular complexity index is 327. The molecule has 3 unspecified atom stereocenters. The van der Waals surface area contributed by atoms with Gasteiger partial charge in [-0.3, -0.25) is 9.69 Å². The number of likely N-dealkylation sites (N-methyl/N-ethyl adjacent to an activating group) is 1. The third kappa shape index (κ3) is 2.95. The molecule has 1 amide bonds. The number of nitrogens with zero attached hydrogens (tertiary/aromatic N) is 2. The summed E-state index contributed by atoms with van der Waals surface area (Å²) in [6.07, 6.45) is 8.06. The standard InChI is InChI=1S/C15H27N3O/c1-17-13-5-6-14(17)11-18(10-8-13)15(19)7-4-12-3-2-9-16-12/h12-14,16H,2-11H2,1H3. The SMILES string of the molecule is CN1C2CCC1CN(C(=O)CCC1CCCN1)CC2. The van der Waals surface area contributed by atoms with Crippen molar-refractivity contribution < 1.29 is 4.79 Å². The van der Waals surface area contributed by atoms with Gasteiger partial charge in [0.15, 0.2) is 0 Å². The van der Waals surface area contributed by atoms with E-state index in [4.69, 9.17) is 0 Å². The first kappa shape index (κ1) is 13.4. The Kier molecular flexibility index (Phi) is 4.08. The summed E-state index contributed by atoms with van der Waals surface area (Å²) in [5, 5.41) is 3.48. The molecule has 4 heteroatoms.